The van der Waals surface area contributed by atoms with E-state index in [4.69, 9.17) is 5.73 Å². The summed E-state index contributed by atoms with van der Waals surface area (Å²) in [5, 5.41) is 3.36. The molecule has 0 spiro atoms. The van der Waals surface area contributed by atoms with Gasteiger partial charge in [0.05, 0.1) is 0 Å². The van der Waals surface area contributed by atoms with Crippen LogP contribution in [0.15, 0.2) is 30.3 Å². The number of nitrogens with one attached hydrogen (secondary N) is 1. The molecule has 1 atom stereocenters. The van der Waals surface area contributed by atoms with Gasteiger partial charge in [-0.05, 0) is 18.4 Å². The lowest BCUT2D eigenvalue weighted by atomic mass is 10.1. The van der Waals surface area contributed by atoms with E-state index in [1.54, 1.807) is 0 Å². The Labute approximate surface area is 92.9 Å². The molecule has 0 amide bonds. The maximum absolute atomic E-state index is 6.01. The fourth-order valence-corrected chi connectivity index (χ4v) is 1.49. The van der Waals surface area contributed by atoms with Gasteiger partial charge in [0.25, 0.3) is 0 Å². The van der Waals surface area contributed by atoms with E-state index in [0.717, 1.165) is 19.4 Å². The molecule has 1 rings (SSSR count). The SMILES string of the molecule is CC(C)NCC(N)CCc1ccccc1. The highest BCUT2D eigenvalue weighted by Gasteiger charge is 2.03. The van der Waals surface area contributed by atoms with Crippen LogP contribution in [0.25, 0.3) is 0 Å². The van der Waals surface area contributed by atoms with E-state index in [-0.39, 0.29) is 6.04 Å². The normalized spacial score (nSPS) is 13.1. The first-order chi connectivity index (χ1) is 7.18. The van der Waals surface area contributed by atoms with Gasteiger partial charge in [0.2, 0.25) is 0 Å². The molecule has 3 N–H and O–H groups in total. The second-order valence-electron chi connectivity index (χ2n) is 4.35. The van der Waals surface area contributed by atoms with Crippen LogP contribution in [0.4, 0.5) is 0 Å². The largest absolute Gasteiger partial charge is 0.327 e. The Morgan fingerprint density at radius 2 is 1.87 bits per heavy atom. The number of aryl methyl sites for hydroxylation is 1. The lowest BCUT2D eigenvalue weighted by molar-refractivity contribution is 0.505. The van der Waals surface area contributed by atoms with E-state index < -0.39 is 0 Å². The number of hydrogen-bond donors (Lipinski definition) is 2. The Balaban J connectivity index is 2.19. The van der Waals surface area contributed by atoms with Crippen LogP contribution in [0.5, 0.6) is 0 Å². The van der Waals surface area contributed by atoms with E-state index in [0.29, 0.717) is 6.04 Å². The van der Waals surface area contributed by atoms with Crippen LogP contribution >= 0.6 is 0 Å². The van der Waals surface area contributed by atoms with Crippen molar-refractivity contribution in [1.29, 1.82) is 0 Å². The quantitative estimate of drug-likeness (QED) is 0.746. The maximum atomic E-state index is 6.01. The van der Waals surface area contributed by atoms with Gasteiger partial charge >= 0.3 is 0 Å². The van der Waals surface area contributed by atoms with Gasteiger partial charge in [-0.1, -0.05) is 44.2 Å². The summed E-state index contributed by atoms with van der Waals surface area (Å²) in [5.74, 6) is 0. The molecule has 0 aliphatic carbocycles. The Hall–Kier alpha value is -0.860. The van der Waals surface area contributed by atoms with E-state index in [9.17, 15) is 0 Å². The fourth-order valence-electron chi connectivity index (χ4n) is 1.49. The number of hydrogen-bond acceptors (Lipinski definition) is 2. The van der Waals surface area contributed by atoms with Crippen LogP contribution in [-0.2, 0) is 6.42 Å². The maximum Gasteiger partial charge on any atom is 0.0168 e. The van der Waals surface area contributed by atoms with E-state index >= 15 is 0 Å². The molecule has 0 fully saturated rings. The smallest absolute Gasteiger partial charge is 0.0168 e. The summed E-state index contributed by atoms with van der Waals surface area (Å²) in [6.07, 6.45) is 2.12. The summed E-state index contributed by atoms with van der Waals surface area (Å²) in [6.45, 7) is 5.19. The zero-order valence-corrected chi connectivity index (χ0v) is 9.74. The molecule has 0 saturated carbocycles. The number of rotatable bonds is 6. The van der Waals surface area contributed by atoms with Gasteiger partial charge in [0.15, 0.2) is 0 Å². The van der Waals surface area contributed by atoms with Crippen molar-refractivity contribution in [2.24, 2.45) is 5.73 Å². The van der Waals surface area contributed by atoms with Gasteiger partial charge < -0.3 is 11.1 Å². The molecular weight excluding hydrogens is 184 g/mol. The highest BCUT2D eigenvalue weighted by molar-refractivity contribution is 5.14. The average molecular weight is 206 g/mol. The number of benzene rings is 1. The highest BCUT2D eigenvalue weighted by atomic mass is 14.9. The molecule has 0 heterocycles. The van der Waals surface area contributed by atoms with Gasteiger partial charge in [-0.15, -0.1) is 0 Å². The molecule has 2 nitrogen and oxygen atoms in total. The van der Waals surface area contributed by atoms with Crippen molar-refractivity contribution in [2.45, 2.75) is 38.8 Å². The first-order valence-electron chi connectivity index (χ1n) is 5.71. The van der Waals surface area contributed by atoms with Crippen LogP contribution < -0.4 is 11.1 Å². The van der Waals surface area contributed by atoms with Gasteiger partial charge in [-0.2, -0.15) is 0 Å². The van der Waals surface area contributed by atoms with Crippen molar-refractivity contribution in [1.82, 2.24) is 5.32 Å². The summed E-state index contributed by atoms with van der Waals surface area (Å²) in [6, 6.07) is 11.3. The van der Waals surface area contributed by atoms with Crippen LogP contribution in [0, 0.1) is 0 Å². The van der Waals surface area contributed by atoms with Crippen LogP contribution in [0.1, 0.15) is 25.8 Å². The molecular formula is C13H22N2. The molecule has 0 aliphatic heterocycles. The fraction of sp³-hybridized carbons (Fsp3) is 0.538. The molecule has 0 aromatic heterocycles. The molecule has 2 heteroatoms. The van der Waals surface area contributed by atoms with Crippen molar-refractivity contribution in [3.63, 3.8) is 0 Å². The van der Waals surface area contributed by atoms with Crippen molar-refractivity contribution < 1.29 is 0 Å². The molecule has 0 saturated heterocycles. The molecule has 1 aromatic carbocycles. The second kappa shape index (κ2) is 6.59. The zero-order chi connectivity index (χ0) is 11.1. The summed E-state index contributed by atoms with van der Waals surface area (Å²) >= 11 is 0. The van der Waals surface area contributed by atoms with Gasteiger partial charge in [0, 0.05) is 18.6 Å². The standard InChI is InChI=1S/C13H22N2/c1-11(2)15-10-13(14)9-8-12-6-4-3-5-7-12/h3-7,11,13,15H,8-10,14H2,1-2H3. The van der Waals surface area contributed by atoms with Crippen molar-refractivity contribution in [3.05, 3.63) is 35.9 Å². The molecule has 1 aromatic rings. The van der Waals surface area contributed by atoms with Crippen molar-refractivity contribution in [2.75, 3.05) is 6.54 Å². The molecule has 0 aliphatic rings. The summed E-state index contributed by atoms with van der Waals surface area (Å²) in [7, 11) is 0. The lowest BCUT2D eigenvalue weighted by Gasteiger charge is -2.14. The molecule has 0 radical (unpaired) electrons. The summed E-state index contributed by atoms with van der Waals surface area (Å²) in [4.78, 5) is 0. The lowest BCUT2D eigenvalue weighted by Crippen LogP contribution is -2.37. The topological polar surface area (TPSA) is 38.0 Å². The van der Waals surface area contributed by atoms with Gasteiger partial charge in [-0.25, -0.2) is 0 Å². The Kier molecular flexibility index (Phi) is 5.37. The van der Waals surface area contributed by atoms with Crippen LogP contribution in [0.2, 0.25) is 0 Å². The Morgan fingerprint density at radius 3 is 2.47 bits per heavy atom. The second-order valence-corrected chi connectivity index (χ2v) is 4.35. The molecule has 84 valence electrons. The highest BCUT2D eigenvalue weighted by Crippen LogP contribution is 2.03. The third kappa shape index (κ3) is 5.55. The first-order valence-corrected chi connectivity index (χ1v) is 5.71. The Morgan fingerprint density at radius 1 is 1.20 bits per heavy atom. The Bertz CT molecular complexity index is 256. The van der Waals surface area contributed by atoms with Gasteiger partial charge in [0.1, 0.15) is 0 Å². The monoisotopic (exact) mass is 206 g/mol. The first kappa shape index (κ1) is 12.2. The summed E-state index contributed by atoms with van der Waals surface area (Å²) in [5.41, 5.74) is 7.38. The molecule has 1 unspecified atom stereocenters. The minimum Gasteiger partial charge on any atom is -0.327 e. The summed E-state index contributed by atoms with van der Waals surface area (Å²) < 4.78 is 0. The van der Waals surface area contributed by atoms with E-state index in [2.05, 4.69) is 43.4 Å². The predicted octanol–water partition coefficient (Wildman–Crippen LogP) is 1.94. The molecule has 15 heavy (non-hydrogen) atoms. The van der Waals surface area contributed by atoms with E-state index in [1.807, 2.05) is 6.07 Å². The predicted molar refractivity (Wildman–Crippen MR) is 65.9 cm³/mol. The van der Waals surface area contributed by atoms with E-state index in [1.165, 1.54) is 5.56 Å². The third-order valence-electron chi connectivity index (χ3n) is 2.43. The van der Waals surface area contributed by atoms with Crippen molar-refractivity contribution >= 4 is 0 Å². The minimum absolute atomic E-state index is 0.257. The average Bonchev–Trinajstić information content (AvgIpc) is 2.25. The third-order valence-corrected chi connectivity index (χ3v) is 2.43. The van der Waals surface area contributed by atoms with Crippen molar-refractivity contribution in [3.8, 4) is 0 Å². The molecule has 0 bridgehead atoms. The van der Waals surface area contributed by atoms with Gasteiger partial charge in [-0.3, -0.25) is 0 Å². The van der Waals surface area contributed by atoms with Crippen LogP contribution in [0.3, 0.4) is 0 Å². The van der Waals surface area contributed by atoms with Crippen LogP contribution in [-0.4, -0.2) is 18.6 Å². The minimum atomic E-state index is 0.257. The number of nitrogens with two attached hydrogens (primary N) is 1. The zero-order valence-electron chi connectivity index (χ0n) is 9.74.